The van der Waals surface area contributed by atoms with E-state index in [2.05, 4.69) is 20.1 Å². The van der Waals surface area contributed by atoms with E-state index in [1.807, 2.05) is 0 Å². The second-order valence-corrected chi connectivity index (χ2v) is 9.13. The Kier molecular flexibility index (Phi) is 25.9. The number of carboxylic acids is 1. The van der Waals surface area contributed by atoms with E-state index in [9.17, 15) is 28.8 Å². The van der Waals surface area contributed by atoms with E-state index in [0.717, 1.165) is 38.5 Å². The number of hydrogen-bond donors (Lipinski definition) is 4. The number of ether oxygens (including phenoxy) is 2. The normalized spacial score (nSPS) is 16.5. The first kappa shape index (κ1) is 44.1. The third-order valence-corrected chi connectivity index (χ3v) is 5.32. The van der Waals surface area contributed by atoms with Gasteiger partial charge in [0.25, 0.3) is 0 Å². The molecule has 0 spiro atoms. The van der Waals surface area contributed by atoms with E-state index in [1.165, 1.54) is 21.1 Å². The molecule has 3 aliphatic carbocycles. The van der Waals surface area contributed by atoms with Crippen molar-refractivity contribution in [3.8, 4) is 0 Å². The van der Waals surface area contributed by atoms with Crippen molar-refractivity contribution in [1.82, 2.24) is 10.6 Å². The van der Waals surface area contributed by atoms with Crippen molar-refractivity contribution >= 4 is 59.0 Å². The summed E-state index contributed by atoms with van der Waals surface area (Å²) in [6.45, 7) is 4.65. The molecule has 6 N–H and O–H groups in total. The van der Waals surface area contributed by atoms with Crippen LogP contribution >= 0.6 is 24.0 Å². The zero-order valence-electron chi connectivity index (χ0n) is 23.2. The summed E-state index contributed by atoms with van der Waals surface area (Å²) >= 11 is 5.04. The monoisotopic (exact) mass is 595 g/mol. The molecule has 0 unspecified atom stereocenters. The van der Waals surface area contributed by atoms with Crippen molar-refractivity contribution in [1.29, 1.82) is 0 Å². The van der Waals surface area contributed by atoms with Crippen molar-refractivity contribution in [2.24, 2.45) is 23.5 Å². The number of nitrogens with one attached hydrogen (secondary N) is 2. The summed E-state index contributed by atoms with van der Waals surface area (Å²) in [6.07, 6.45) is 5.72. The number of esters is 2. The number of hydrogen-bond acceptors (Lipinski definition) is 10. The minimum absolute atomic E-state index is 0. The van der Waals surface area contributed by atoms with E-state index in [1.54, 1.807) is 13.8 Å². The Balaban J connectivity index is -0.000000211. The Morgan fingerprint density at radius 1 is 0.769 bits per heavy atom. The number of aliphatic carboxylic acids is 1. The van der Waals surface area contributed by atoms with Crippen LogP contribution in [0.25, 0.3) is 0 Å². The molecule has 0 aliphatic heterocycles. The topological polar surface area (TPSA) is 221 Å². The van der Waals surface area contributed by atoms with Gasteiger partial charge in [-0.2, -0.15) is 0 Å². The maximum Gasteiger partial charge on any atom is 1.00 e. The average molecular weight is 596 g/mol. The molecular formula is C23H40Cl2LiN3O10. The number of amides is 2. The van der Waals surface area contributed by atoms with Crippen molar-refractivity contribution < 1.29 is 67.7 Å². The van der Waals surface area contributed by atoms with E-state index in [-0.39, 0.29) is 77.5 Å². The zero-order valence-corrected chi connectivity index (χ0v) is 24.8. The van der Waals surface area contributed by atoms with Crippen LogP contribution in [-0.2, 0) is 38.2 Å². The fourth-order valence-corrected chi connectivity index (χ4v) is 2.37. The van der Waals surface area contributed by atoms with Crippen LogP contribution in [0.15, 0.2) is 0 Å². The van der Waals surface area contributed by atoms with Crippen molar-refractivity contribution in [2.75, 3.05) is 14.2 Å². The SMILES string of the molecule is COC(=O)[C@H](C)N.COC(=O)[C@H](C)NC(=O)C1CC1.C[C@H](NC(=O)C1CC1)C(=O)O.Cl.O=C(Cl)C1CC1.[Li+].[OH-]. The largest absolute Gasteiger partial charge is 1.00 e. The fourth-order valence-electron chi connectivity index (χ4n) is 2.15. The summed E-state index contributed by atoms with van der Waals surface area (Å²) in [5, 5.41) is 13.2. The van der Waals surface area contributed by atoms with Crippen LogP contribution in [0.5, 0.6) is 0 Å². The maximum absolute atomic E-state index is 11.1. The summed E-state index contributed by atoms with van der Waals surface area (Å²) < 4.78 is 8.71. The number of carbonyl (C=O) groups is 6. The summed E-state index contributed by atoms with van der Waals surface area (Å²) in [4.78, 5) is 63.3. The van der Waals surface area contributed by atoms with E-state index < -0.39 is 30.1 Å². The number of halogens is 2. The quantitative estimate of drug-likeness (QED) is 0.136. The second-order valence-electron chi connectivity index (χ2n) is 8.76. The van der Waals surface area contributed by atoms with Gasteiger partial charge in [0.05, 0.1) is 14.2 Å². The van der Waals surface area contributed by atoms with Gasteiger partial charge in [-0.1, -0.05) is 0 Å². The fraction of sp³-hybridized carbons (Fsp3) is 0.739. The van der Waals surface area contributed by atoms with Gasteiger partial charge in [0.15, 0.2) is 0 Å². The van der Waals surface area contributed by atoms with Gasteiger partial charge in [-0.05, 0) is 70.9 Å². The van der Waals surface area contributed by atoms with Gasteiger partial charge in [-0.15, -0.1) is 12.4 Å². The molecule has 13 nitrogen and oxygen atoms in total. The predicted octanol–water partition coefficient (Wildman–Crippen LogP) is -2.02. The summed E-state index contributed by atoms with van der Waals surface area (Å²) in [5.41, 5.74) is 5.07. The van der Waals surface area contributed by atoms with Crippen LogP contribution in [-0.4, -0.2) is 77.9 Å². The van der Waals surface area contributed by atoms with Crippen molar-refractivity contribution in [3.05, 3.63) is 0 Å². The molecule has 0 aromatic rings. The minimum Gasteiger partial charge on any atom is -0.870 e. The first-order chi connectivity index (χ1) is 16.7. The Bertz CT molecular complexity index is 792. The zero-order chi connectivity index (χ0) is 28.0. The van der Waals surface area contributed by atoms with Gasteiger partial charge >= 0.3 is 36.8 Å². The summed E-state index contributed by atoms with van der Waals surface area (Å²) in [7, 11) is 2.62. The predicted molar refractivity (Wildman–Crippen MR) is 139 cm³/mol. The molecule has 2 amide bonds. The van der Waals surface area contributed by atoms with Crippen molar-refractivity contribution in [2.45, 2.75) is 77.4 Å². The smallest absolute Gasteiger partial charge is 0.870 e. The van der Waals surface area contributed by atoms with Gasteiger partial charge in [0.1, 0.15) is 18.1 Å². The average Bonchev–Trinajstić information content (AvgIpc) is 3.70. The molecule has 3 fully saturated rings. The van der Waals surface area contributed by atoms with Crippen LogP contribution in [0.1, 0.15) is 59.3 Å². The number of carbonyl (C=O) groups excluding carboxylic acids is 5. The molecule has 3 atom stereocenters. The molecule has 0 bridgehead atoms. The molecule has 3 rings (SSSR count). The van der Waals surface area contributed by atoms with E-state index in [0.29, 0.717) is 0 Å². The van der Waals surface area contributed by atoms with Crippen LogP contribution in [0, 0.1) is 17.8 Å². The second kappa shape index (κ2) is 22.9. The Morgan fingerprint density at radius 3 is 1.28 bits per heavy atom. The van der Waals surface area contributed by atoms with E-state index >= 15 is 0 Å². The molecule has 0 radical (unpaired) electrons. The molecule has 3 saturated carbocycles. The molecule has 16 heteroatoms. The van der Waals surface area contributed by atoms with Crippen LogP contribution in [0.3, 0.4) is 0 Å². The standard InChI is InChI=1S/C8H13NO3.C7H11NO3.C4H5ClO.C4H9NO2.ClH.Li.H2O/c1-5(8(11)12-2)9-7(10)6-3-4-6;1-4(7(10)11)8-6(9)5-2-3-5;5-4(6)3-1-2-3;1-3(5)4(6)7-2;;;/h5-6H,3-4H2,1-2H3,(H,9,10);4-5H,2-3H2,1H3,(H,8,9)(H,10,11);3H,1-2H2;3H,5H2,1-2H3;1H;;1H2/q;;;;;+1;/p-1/t5-;4-;;3-;;;/m00.0.../s1. The van der Waals surface area contributed by atoms with Gasteiger partial charge in [-0.25, -0.2) is 4.79 Å². The number of nitrogens with two attached hydrogens (primary N) is 1. The first-order valence-electron chi connectivity index (χ1n) is 11.7. The number of carboxylic acid groups (broad SMARTS) is 1. The molecule has 3 aliphatic rings. The molecule has 0 saturated heterocycles. The molecule has 0 aromatic heterocycles. The van der Waals surface area contributed by atoms with Crippen molar-refractivity contribution in [3.63, 3.8) is 0 Å². The van der Waals surface area contributed by atoms with Gasteiger partial charge in [0.2, 0.25) is 17.1 Å². The van der Waals surface area contributed by atoms with E-state index in [4.69, 9.17) is 22.4 Å². The summed E-state index contributed by atoms with van der Waals surface area (Å²) in [5.74, 6) is -1.48. The van der Waals surface area contributed by atoms with Gasteiger partial charge in [0, 0.05) is 17.8 Å². The number of methoxy groups -OCH3 is 2. The van der Waals surface area contributed by atoms with Gasteiger partial charge < -0.3 is 36.4 Å². The first-order valence-corrected chi connectivity index (χ1v) is 12.1. The molecule has 222 valence electrons. The van der Waals surface area contributed by atoms with Crippen LogP contribution < -0.4 is 35.2 Å². The van der Waals surface area contributed by atoms with Crippen LogP contribution in [0.2, 0.25) is 0 Å². The molecule has 39 heavy (non-hydrogen) atoms. The maximum atomic E-state index is 11.1. The summed E-state index contributed by atoms with van der Waals surface area (Å²) in [6, 6.07) is -1.78. The minimum atomic E-state index is -0.987. The number of rotatable bonds is 8. The van der Waals surface area contributed by atoms with Crippen LogP contribution in [0.4, 0.5) is 0 Å². The third-order valence-electron chi connectivity index (χ3n) is 5.01. The Morgan fingerprint density at radius 2 is 1.10 bits per heavy atom. The Hall–Kier alpha value is -1.88. The Labute approximate surface area is 251 Å². The third kappa shape index (κ3) is 22.6. The van der Waals surface area contributed by atoms with Gasteiger partial charge in [-0.3, -0.25) is 24.0 Å². The molecule has 0 heterocycles. The molecule has 0 aromatic carbocycles. The molecular weight excluding hydrogens is 556 g/mol.